The standard InChI is InChI=1S/C15H20BrNO4S/c1-14(2,3)21-13(20)17-8-4-7-15(17,12(18)19)9-10-5-6-11(16)22-10/h5-6H,4,7-9H2,1-3H3,(H,18,19). The lowest BCUT2D eigenvalue weighted by Gasteiger charge is -2.35. The molecule has 7 heteroatoms. The van der Waals surface area contributed by atoms with Crippen molar-refractivity contribution in [2.75, 3.05) is 6.54 Å². The molecule has 1 aliphatic rings. The number of carbonyl (C=O) groups excluding carboxylic acids is 1. The summed E-state index contributed by atoms with van der Waals surface area (Å²) in [5.41, 5.74) is -1.86. The molecule has 1 amide bonds. The van der Waals surface area contributed by atoms with Crippen LogP contribution >= 0.6 is 27.3 Å². The van der Waals surface area contributed by atoms with Crippen molar-refractivity contribution in [1.29, 1.82) is 0 Å². The molecular formula is C15H20BrNO4S. The number of carbonyl (C=O) groups is 2. The number of aliphatic carboxylic acids is 1. The van der Waals surface area contributed by atoms with Crippen LogP contribution in [-0.4, -0.2) is 39.8 Å². The van der Waals surface area contributed by atoms with E-state index < -0.39 is 23.2 Å². The SMILES string of the molecule is CC(C)(C)OC(=O)N1CCCC1(Cc1ccc(Br)s1)C(=O)O. The van der Waals surface area contributed by atoms with E-state index in [0.717, 1.165) is 8.66 Å². The molecule has 122 valence electrons. The van der Waals surface area contributed by atoms with Gasteiger partial charge in [-0.25, -0.2) is 9.59 Å². The van der Waals surface area contributed by atoms with Gasteiger partial charge < -0.3 is 9.84 Å². The quantitative estimate of drug-likeness (QED) is 0.850. The first kappa shape index (κ1) is 17.3. The summed E-state index contributed by atoms with van der Waals surface area (Å²) in [4.78, 5) is 26.7. The van der Waals surface area contributed by atoms with Crippen LogP contribution in [0.2, 0.25) is 0 Å². The molecule has 2 heterocycles. The van der Waals surface area contributed by atoms with Crippen molar-refractivity contribution < 1.29 is 19.4 Å². The van der Waals surface area contributed by atoms with Gasteiger partial charge in [0.05, 0.1) is 3.79 Å². The molecule has 5 nitrogen and oxygen atoms in total. The van der Waals surface area contributed by atoms with Crippen molar-refractivity contribution in [2.24, 2.45) is 0 Å². The summed E-state index contributed by atoms with van der Waals surface area (Å²) in [7, 11) is 0. The minimum absolute atomic E-state index is 0.303. The Morgan fingerprint density at radius 2 is 2.14 bits per heavy atom. The number of likely N-dealkylation sites (tertiary alicyclic amines) is 1. The Labute approximate surface area is 142 Å². The Bertz CT molecular complexity index is 580. The Kier molecular flexibility index (Phi) is 4.87. The van der Waals surface area contributed by atoms with Crippen molar-refractivity contribution in [3.8, 4) is 0 Å². The first-order valence-electron chi connectivity index (χ1n) is 7.12. The van der Waals surface area contributed by atoms with Crippen LogP contribution < -0.4 is 0 Å². The molecule has 1 aromatic heterocycles. The van der Waals surface area contributed by atoms with Gasteiger partial charge in [0, 0.05) is 17.8 Å². The number of hydrogen-bond donors (Lipinski definition) is 1. The molecule has 0 aromatic carbocycles. The molecule has 0 bridgehead atoms. The van der Waals surface area contributed by atoms with Crippen molar-refractivity contribution >= 4 is 39.3 Å². The molecule has 2 rings (SSSR count). The molecule has 1 aromatic rings. The molecule has 1 fully saturated rings. The van der Waals surface area contributed by atoms with E-state index in [4.69, 9.17) is 4.74 Å². The average Bonchev–Trinajstić information content (AvgIpc) is 2.95. The number of halogens is 1. The number of nitrogens with zero attached hydrogens (tertiary/aromatic N) is 1. The van der Waals surface area contributed by atoms with Gasteiger partial charge in [0.15, 0.2) is 0 Å². The van der Waals surface area contributed by atoms with Gasteiger partial charge in [0.25, 0.3) is 0 Å². The second kappa shape index (κ2) is 6.20. The summed E-state index contributed by atoms with van der Waals surface area (Å²) in [5.74, 6) is -0.972. The number of carboxylic acids is 1. The summed E-state index contributed by atoms with van der Waals surface area (Å²) in [6.45, 7) is 5.74. The Hall–Kier alpha value is -1.08. The van der Waals surface area contributed by atoms with E-state index in [1.54, 1.807) is 20.8 Å². The highest BCUT2D eigenvalue weighted by Gasteiger charge is 2.51. The second-order valence-corrected chi connectivity index (χ2v) is 9.00. The van der Waals surface area contributed by atoms with Crippen molar-refractivity contribution in [1.82, 2.24) is 4.90 Å². The first-order chi connectivity index (χ1) is 10.1. The molecule has 0 spiro atoms. The van der Waals surface area contributed by atoms with Crippen molar-refractivity contribution in [2.45, 2.75) is 51.2 Å². The predicted octanol–water partition coefficient (Wildman–Crippen LogP) is 3.91. The van der Waals surface area contributed by atoms with E-state index in [1.807, 2.05) is 12.1 Å². The highest BCUT2D eigenvalue weighted by molar-refractivity contribution is 9.11. The van der Waals surface area contributed by atoms with Crippen LogP contribution in [0.3, 0.4) is 0 Å². The predicted molar refractivity (Wildman–Crippen MR) is 88.3 cm³/mol. The van der Waals surface area contributed by atoms with Crippen LogP contribution in [0.1, 0.15) is 38.5 Å². The van der Waals surface area contributed by atoms with Gasteiger partial charge in [-0.2, -0.15) is 0 Å². The first-order valence-corrected chi connectivity index (χ1v) is 8.73. The molecule has 1 unspecified atom stereocenters. The van der Waals surface area contributed by atoms with E-state index >= 15 is 0 Å². The smallest absolute Gasteiger partial charge is 0.411 e. The zero-order valence-corrected chi connectivity index (χ0v) is 15.3. The van der Waals surface area contributed by atoms with Gasteiger partial charge in [-0.3, -0.25) is 4.90 Å². The van der Waals surface area contributed by atoms with E-state index in [9.17, 15) is 14.7 Å². The largest absolute Gasteiger partial charge is 0.479 e. The highest BCUT2D eigenvalue weighted by atomic mass is 79.9. The van der Waals surface area contributed by atoms with Crippen LogP contribution in [0, 0.1) is 0 Å². The topological polar surface area (TPSA) is 66.8 Å². The van der Waals surface area contributed by atoms with Crippen molar-refractivity contribution in [3.05, 3.63) is 20.8 Å². The molecule has 1 atom stereocenters. The lowest BCUT2D eigenvalue weighted by Crippen LogP contribution is -2.55. The number of thiophene rings is 1. The van der Waals surface area contributed by atoms with Crippen LogP contribution in [0.25, 0.3) is 0 Å². The number of amides is 1. The lowest BCUT2D eigenvalue weighted by atomic mass is 9.91. The zero-order valence-electron chi connectivity index (χ0n) is 12.9. The lowest BCUT2D eigenvalue weighted by molar-refractivity contribution is -0.149. The number of ether oxygens (including phenoxy) is 1. The van der Waals surface area contributed by atoms with Crippen LogP contribution in [-0.2, 0) is 16.0 Å². The molecule has 0 aliphatic carbocycles. The molecule has 1 aliphatic heterocycles. The monoisotopic (exact) mass is 389 g/mol. The van der Waals surface area contributed by atoms with Gasteiger partial charge in [-0.05, 0) is 61.7 Å². The molecular weight excluding hydrogens is 370 g/mol. The fourth-order valence-corrected chi connectivity index (χ4v) is 4.27. The second-order valence-electron chi connectivity index (χ2n) is 6.45. The molecule has 22 heavy (non-hydrogen) atoms. The molecule has 1 N–H and O–H groups in total. The minimum atomic E-state index is -1.22. The van der Waals surface area contributed by atoms with Crippen LogP contribution in [0.5, 0.6) is 0 Å². The normalized spacial score (nSPS) is 21.9. The van der Waals surface area contributed by atoms with Crippen LogP contribution in [0.15, 0.2) is 15.9 Å². The van der Waals surface area contributed by atoms with Gasteiger partial charge in [-0.15, -0.1) is 11.3 Å². The van der Waals surface area contributed by atoms with Gasteiger partial charge in [0.2, 0.25) is 0 Å². The van der Waals surface area contributed by atoms with Crippen LogP contribution in [0.4, 0.5) is 4.79 Å². The highest BCUT2D eigenvalue weighted by Crippen LogP contribution is 2.36. The Balaban J connectivity index is 2.28. The number of carboxylic acid groups (broad SMARTS) is 1. The van der Waals surface area contributed by atoms with Crippen molar-refractivity contribution in [3.63, 3.8) is 0 Å². The average molecular weight is 390 g/mol. The summed E-state index contributed by atoms with van der Waals surface area (Å²) in [6.07, 6.45) is 0.857. The summed E-state index contributed by atoms with van der Waals surface area (Å²) < 4.78 is 6.34. The summed E-state index contributed by atoms with van der Waals surface area (Å²) in [6, 6.07) is 3.79. The minimum Gasteiger partial charge on any atom is -0.479 e. The third kappa shape index (κ3) is 3.63. The van der Waals surface area contributed by atoms with Gasteiger partial charge in [-0.1, -0.05) is 0 Å². The fraction of sp³-hybridized carbons (Fsp3) is 0.600. The van der Waals surface area contributed by atoms with E-state index in [-0.39, 0.29) is 0 Å². The molecule has 0 saturated carbocycles. The number of rotatable bonds is 3. The third-order valence-electron chi connectivity index (χ3n) is 3.60. The van der Waals surface area contributed by atoms with E-state index in [0.29, 0.717) is 25.8 Å². The van der Waals surface area contributed by atoms with Gasteiger partial charge >= 0.3 is 12.1 Å². The Morgan fingerprint density at radius 1 is 1.45 bits per heavy atom. The number of hydrogen-bond acceptors (Lipinski definition) is 4. The Morgan fingerprint density at radius 3 is 2.64 bits per heavy atom. The maximum atomic E-state index is 12.4. The molecule has 0 radical (unpaired) electrons. The summed E-state index contributed by atoms with van der Waals surface area (Å²) >= 11 is 4.88. The third-order valence-corrected chi connectivity index (χ3v) is 5.22. The van der Waals surface area contributed by atoms with E-state index in [1.165, 1.54) is 16.2 Å². The zero-order chi connectivity index (χ0) is 16.5. The van der Waals surface area contributed by atoms with Gasteiger partial charge in [0.1, 0.15) is 11.1 Å². The molecule has 1 saturated heterocycles. The van der Waals surface area contributed by atoms with E-state index in [2.05, 4.69) is 15.9 Å². The fourth-order valence-electron chi connectivity index (χ4n) is 2.68. The summed E-state index contributed by atoms with van der Waals surface area (Å²) in [5, 5.41) is 9.79. The maximum Gasteiger partial charge on any atom is 0.411 e. The maximum absolute atomic E-state index is 12.4.